The lowest BCUT2D eigenvalue weighted by Crippen LogP contribution is -2.50. The average molecular weight is 670 g/mol. The Hall–Kier alpha value is 1.32. The van der Waals surface area contributed by atoms with Gasteiger partial charge in [0, 0.05) is 0 Å². The Labute approximate surface area is 175 Å². The monoisotopic (exact) mass is 664 g/mol. The van der Waals surface area contributed by atoms with Crippen LogP contribution in [0.1, 0.15) is 11.1 Å². The molecule has 0 aliphatic rings. The van der Waals surface area contributed by atoms with Crippen LogP contribution in [0.4, 0.5) is 0 Å². The molecule has 0 radical (unpaired) electrons. The summed E-state index contributed by atoms with van der Waals surface area (Å²) < 4.78 is -1.20. The zero-order valence-corrected chi connectivity index (χ0v) is 20.1. The number of hydrogen-bond acceptors (Lipinski definition) is 0. The smallest absolute Gasteiger partial charge is 0.0622 e. The van der Waals surface area contributed by atoms with E-state index in [1.54, 1.807) is 0 Å². The van der Waals surface area contributed by atoms with Crippen molar-refractivity contribution in [2.75, 3.05) is 0 Å². The summed E-state index contributed by atoms with van der Waals surface area (Å²) in [5, 5.41) is 0. The van der Waals surface area contributed by atoms with Crippen molar-refractivity contribution >= 4 is 95.6 Å². The summed E-state index contributed by atoms with van der Waals surface area (Å²) in [5.41, 5.74) is 1.70. The van der Waals surface area contributed by atoms with Crippen LogP contribution >= 0.6 is 95.6 Å². The summed E-state index contributed by atoms with van der Waals surface area (Å²) in [4.78, 5) is 0. The van der Waals surface area contributed by atoms with Gasteiger partial charge >= 0.3 is 0 Å². The van der Waals surface area contributed by atoms with E-state index in [-0.39, 0.29) is 0 Å². The van der Waals surface area contributed by atoms with Crippen LogP contribution in [0.15, 0.2) is 60.7 Å². The molecule has 0 saturated heterocycles. The van der Waals surface area contributed by atoms with Crippen LogP contribution in [0.5, 0.6) is 0 Å². The minimum Gasteiger partial charge on any atom is -0.0622 e. The number of alkyl halides is 6. The molecule has 0 amide bonds. The van der Waals surface area contributed by atoms with Crippen molar-refractivity contribution in [2.45, 2.75) is 9.70 Å². The standard InChI is InChI=1S/C15H10Br6/c16-14(17,18)13(15(19,20)21,11-7-3-1-4-8-11)12-9-5-2-6-10-12/h1-10H. The highest BCUT2D eigenvalue weighted by Gasteiger charge is 2.60. The SMILES string of the molecule is BrC(Br)(Br)C(c1ccccc1)(c1ccccc1)C(Br)(Br)Br. The average Bonchev–Trinajstić information content (AvgIpc) is 2.38. The second-order valence-corrected chi connectivity index (χ2v) is 18.0. The molecule has 0 nitrogen and oxygen atoms in total. The fourth-order valence-corrected chi connectivity index (χ4v) is 9.28. The maximum Gasteiger partial charge on any atom is 0.151 e. The van der Waals surface area contributed by atoms with Crippen LogP contribution in [0.25, 0.3) is 0 Å². The fraction of sp³-hybridized carbons (Fsp3) is 0.200. The molecule has 112 valence electrons. The van der Waals surface area contributed by atoms with Gasteiger partial charge in [-0.2, -0.15) is 0 Å². The fourth-order valence-electron chi connectivity index (χ4n) is 2.36. The maximum atomic E-state index is 3.75. The lowest BCUT2D eigenvalue weighted by Gasteiger charge is -2.47. The molecule has 0 fully saturated rings. The van der Waals surface area contributed by atoms with E-state index in [0.29, 0.717) is 0 Å². The molecule has 0 saturated carbocycles. The topological polar surface area (TPSA) is 0 Å². The summed E-state index contributed by atoms with van der Waals surface area (Å²) in [7, 11) is 0. The first-order valence-electron chi connectivity index (χ1n) is 5.96. The minimum atomic E-state index is -0.598. The Morgan fingerprint density at radius 3 is 1.00 bits per heavy atom. The van der Waals surface area contributed by atoms with Gasteiger partial charge in [-0.25, -0.2) is 0 Å². The van der Waals surface area contributed by atoms with Gasteiger partial charge in [-0.3, -0.25) is 0 Å². The molecule has 0 aliphatic heterocycles. The van der Waals surface area contributed by atoms with Gasteiger partial charge in [-0.1, -0.05) is 156 Å². The van der Waals surface area contributed by atoms with Crippen LogP contribution < -0.4 is 0 Å². The summed E-state index contributed by atoms with van der Waals surface area (Å²) in [5.74, 6) is 0. The second kappa shape index (κ2) is 7.06. The quantitative estimate of drug-likeness (QED) is 0.289. The Balaban J connectivity index is 2.87. The van der Waals surface area contributed by atoms with E-state index >= 15 is 0 Å². The Kier molecular flexibility index (Phi) is 6.27. The van der Waals surface area contributed by atoms with Crippen molar-refractivity contribution < 1.29 is 0 Å². The first-order chi connectivity index (χ1) is 9.71. The summed E-state index contributed by atoms with van der Waals surface area (Å²) in [6.45, 7) is 0. The molecular weight excluding hydrogens is 660 g/mol. The van der Waals surface area contributed by atoms with Gasteiger partial charge in [0.2, 0.25) is 0 Å². The summed E-state index contributed by atoms with van der Waals surface area (Å²) >= 11 is 22.5. The first-order valence-corrected chi connectivity index (χ1v) is 10.7. The number of benzene rings is 2. The molecule has 0 atom stereocenters. The van der Waals surface area contributed by atoms with Crippen molar-refractivity contribution in [2.24, 2.45) is 0 Å². The molecule has 0 aromatic heterocycles. The zero-order valence-electron chi connectivity index (χ0n) is 10.5. The maximum absolute atomic E-state index is 3.75. The van der Waals surface area contributed by atoms with Gasteiger partial charge < -0.3 is 0 Å². The molecule has 0 unspecified atom stereocenters. The molecule has 0 bridgehead atoms. The zero-order chi connectivity index (χ0) is 15.7. The van der Waals surface area contributed by atoms with E-state index in [4.69, 9.17) is 0 Å². The van der Waals surface area contributed by atoms with Gasteiger partial charge in [0.1, 0.15) is 0 Å². The predicted molar refractivity (Wildman–Crippen MR) is 113 cm³/mol. The molecule has 0 N–H and O–H groups in total. The normalized spacial score (nSPS) is 13.2. The van der Waals surface area contributed by atoms with E-state index in [0.717, 1.165) is 11.1 Å². The summed E-state index contributed by atoms with van der Waals surface area (Å²) in [6, 6.07) is 20.6. The second-order valence-electron chi connectivity index (χ2n) is 4.48. The van der Waals surface area contributed by atoms with Crippen molar-refractivity contribution in [1.82, 2.24) is 0 Å². The lowest BCUT2D eigenvalue weighted by atomic mass is 9.78. The van der Waals surface area contributed by atoms with Crippen molar-refractivity contribution in [3.05, 3.63) is 71.8 Å². The highest BCUT2D eigenvalue weighted by Crippen LogP contribution is 2.66. The third-order valence-electron chi connectivity index (χ3n) is 3.26. The van der Waals surface area contributed by atoms with Gasteiger partial charge in [-0.05, 0) is 11.1 Å². The highest BCUT2D eigenvalue weighted by molar-refractivity contribution is 9.40. The molecule has 2 rings (SSSR count). The minimum absolute atomic E-state index is 0.539. The number of rotatable bonds is 2. The Morgan fingerprint density at radius 2 is 0.762 bits per heavy atom. The number of hydrogen-bond donors (Lipinski definition) is 0. The molecule has 6 heteroatoms. The third-order valence-corrected chi connectivity index (χ3v) is 6.83. The van der Waals surface area contributed by atoms with Gasteiger partial charge in [0.25, 0.3) is 0 Å². The van der Waals surface area contributed by atoms with Gasteiger partial charge in [0.15, 0.2) is 4.29 Å². The summed E-state index contributed by atoms with van der Waals surface area (Å²) in [6.07, 6.45) is 0. The molecule has 2 aromatic rings. The highest BCUT2D eigenvalue weighted by atomic mass is 80.0. The first kappa shape index (κ1) is 18.7. The van der Waals surface area contributed by atoms with E-state index < -0.39 is 9.70 Å². The Morgan fingerprint density at radius 1 is 0.476 bits per heavy atom. The van der Waals surface area contributed by atoms with E-state index in [1.807, 2.05) is 36.4 Å². The van der Waals surface area contributed by atoms with E-state index in [9.17, 15) is 0 Å². The van der Waals surface area contributed by atoms with Crippen LogP contribution in [-0.2, 0) is 5.41 Å². The van der Waals surface area contributed by atoms with Gasteiger partial charge in [-0.15, -0.1) is 0 Å². The van der Waals surface area contributed by atoms with E-state index in [2.05, 4.69) is 120 Å². The van der Waals surface area contributed by atoms with Crippen molar-refractivity contribution in [3.63, 3.8) is 0 Å². The molecule has 2 aromatic carbocycles. The predicted octanol–water partition coefficient (Wildman–Crippen LogP) is 7.65. The van der Waals surface area contributed by atoms with E-state index in [1.165, 1.54) is 0 Å². The molecule has 0 aliphatic carbocycles. The largest absolute Gasteiger partial charge is 0.151 e. The third kappa shape index (κ3) is 3.55. The van der Waals surface area contributed by atoms with Crippen LogP contribution in [0.2, 0.25) is 0 Å². The Bertz CT molecular complexity index is 528. The molecule has 0 heterocycles. The molecular formula is C15H10Br6. The number of halogens is 6. The van der Waals surface area contributed by atoms with Crippen LogP contribution in [-0.4, -0.2) is 4.29 Å². The molecule has 0 spiro atoms. The van der Waals surface area contributed by atoms with Crippen LogP contribution in [0.3, 0.4) is 0 Å². The van der Waals surface area contributed by atoms with Crippen molar-refractivity contribution in [3.8, 4) is 0 Å². The lowest BCUT2D eigenvalue weighted by molar-refractivity contribution is 0.602. The van der Waals surface area contributed by atoms with Crippen LogP contribution in [0, 0.1) is 0 Å². The van der Waals surface area contributed by atoms with Crippen molar-refractivity contribution in [1.29, 1.82) is 0 Å². The van der Waals surface area contributed by atoms with Gasteiger partial charge in [0.05, 0.1) is 5.41 Å². The molecule has 21 heavy (non-hydrogen) atoms.